The molecule has 182 valence electrons. The maximum absolute atomic E-state index is 11.9. The number of azide groups is 1. The fraction of sp³-hybridized carbons (Fsp3) is 0.579. The highest BCUT2D eigenvalue weighted by Crippen LogP contribution is 2.34. The van der Waals surface area contributed by atoms with E-state index in [0.29, 0.717) is 33.0 Å². The minimum atomic E-state index is -0.705. The van der Waals surface area contributed by atoms with Crippen LogP contribution in [0.3, 0.4) is 0 Å². The van der Waals surface area contributed by atoms with E-state index < -0.39 is 28.9 Å². The molecular formula is C19H27N5O9. The summed E-state index contributed by atoms with van der Waals surface area (Å²) in [6.07, 6.45) is 0. The third-order valence-electron chi connectivity index (χ3n) is 3.93. The second kappa shape index (κ2) is 16.2. The third kappa shape index (κ3) is 11.1. The minimum absolute atomic E-state index is 0.0282. The zero-order chi connectivity index (χ0) is 24.5. The van der Waals surface area contributed by atoms with Gasteiger partial charge in [-0.2, -0.15) is 0 Å². The van der Waals surface area contributed by atoms with Crippen molar-refractivity contribution in [1.29, 1.82) is 0 Å². The Labute approximate surface area is 189 Å². The number of hydrogen-bond acceptors (Lipinski definition) is 10. The second-order valence-electron chi connectivity index (χ2n) is 6.26. The summed E-state index contributed by atoms with van der Waals surface area (Å²) in [5.74, 6) is -0.888. The van der Waals surface area contributed by atoms with Gasteiger partial charge in [0.1, 0.15) is 0 Å². The summed E-state index contributed by atoms with van der Waals surface area (Å²) in [7, 11) is 1.32. The van der Waals surface area contributed by atoms with E-state index in [-0.39, 0.29) is 36.8 Å². The van der Waals surface area contributed by atoms with Crippen LogP contribution in [-0.2, 0) is 19.0 Å². The molecule has 0 radical (unpaired) electrons. The monoisotopic (exact) mass is 469 g/mol. The summed E-state index contributed by atoms with van der Waals surface area (Å²) in [6.45, 7) is 3.32. The number of nitro groups is 1. The average Bonchev–Trinajstić information content (AvgIpc) is 2.79. The quantitative estimate of drug-likeness (QED) is 0.0635. The van der Waals surface area contributed by atoms with E-state index in [4.69, 9.17) is 29.2 Å². The zero-order valence-corrected chi connectivity index (χ0v) is 18.5. The number of carbonyl (C=O) groups is 2. The number of nitro benzene ring substituents is 1. The van der Waals surface area contributed by atoms with Crippen LogP contribution in [0.15, 0.2) is 17.2 Å². The molecule has 0 fully saturated rings. The van der Waals surface area contributed by atoms with Gasteiger partial charge in [0.05, 0.1) is 63.3 Å². The normalized spacial score (nSPS) is 10.2. The predicted octanol–water partition coefficient (Wildman–Crippen LogP) is 1.66. The Morgan fingerprint density at radius 2 is 1.73 bits per heavy atom. The van der Waals surface area contributed by atoms with Crippen molar-refractivity contribution in [1.82, 2.24) is 5.32 Å². The molecule has 0 aromatic heterocycles. The van der Waals surface area contributed by atoms with Gasteiger partial charge in [0.2, 0.25) is 0 Å². The molecule has 0 saturated carbocycles. The molecule has 0 unspecified atom stereocenters. The van der Waals surface area contributed by atoms with Gasteiger partial charge in [0.25, 0.3) is 11.6 Å². The fourth-order valence-electron chi connectivity index (χ4n) is 2.40. The largest absolute Gasteiger partial charge is 0.493 e. The molecule has 0 atom stereocenters. The summed E-state index contributed by atoms with van der Waals surface area (Å²) < 4.78 is 26.2. The lowest BCUT2D eigenvalue weighted by Crippen LogP contribution is -2.32. The number of nitrogens with zero attached hydrogens (tertiary/aromatic N) is 4. The molecule has 1 aromatic carbocycles. The van der Waals surface area contributed by atoms with Crippen LogP contribution in [0, 0.1) is 10.1 Å². The Kier molecular flexibility index (Phi) is 13.6. The molecule has 33 heavy (non-hydrogen) atoms. The standard InChI is InChI=1S/C19H27N5O9/c1-14(25)15-11-17(29-2)18(12-16(15)24(27)28)33-13-19(26)21-3-5-30-7-9-32-10-8-31-6-4-22-23-20/h11-12H,3-10,13H2,1-2H3,(H,21,26). The molecular weight excluding hydrogens is 442 g/mol. The molecule has 0 spiro atoms. The number of hydrogen-bond donors (Lipinski definition) is 1. The summed E-state index contributed by atoms with van der Waals surface area (Å²) in [4.78, 5) is 36.6. The highest BCUT2D eigenvalue weighted by atomic mass is 16.6. The van der Waals surface area contributed by atoms with Crippen LogP contribution in [0.2, 0.25) is 0 Å². The Morgan fingerprint density at radius 1 is 1.09 bits per heavy atom. The molecule has 14 nitrogen and oxygen atoms in total. The Hall–Kier alpha value is -3.45. The average molecular weight is 469 g/mol. The number of ketones is 1. The van der Waals surface area contributed by atoms with Gasteiger partial charge in [0.15, 0.2) is 23.9 Å². The topological polar surface area (TPSA) is 184 Å². The van der Waals surface area contributed by atoms with Crippen molar-refractivity contribution in [2.75, 3.05) is 66.4 Å². The van der Waals surface area contributed by atoms with Gasteiger partial charge in [0, 0.05) is 24.1 Å². The first-order valence-electron chi connectivity index (χ1n) is 9.91. The molecule has 0 aliphatic heterocycles. The molecule has 1 aromatic rings. The fourth-order valence-corrected chi connectivity index (χ4v) is 2.40. The first kappa shape index (κ1) is 27.6. The zero-order valence-electron chi connectivity index (χ0n) is 18.5. The molecule has 1 N–H and O–H groups in total. The first-order chi connectivity index (χ1) is 15.9. The number of Topliss-reactive ketones (excluding diaryl/α,β-unsaturated/α-hetero) is 1. The number of benzene rings is 1. The van der Waals surface area contributed by atoms with E-state index in [1.807, 2.05) is 0 Å². The Morgan fingerprint density at radius 3 is 2.30 bits per heavy atom. The van der Waals surface area contributed by atoms with Gasteiger partial charge in [-0.25, -0.2) is 0 Å². The third-order valence-corrected chi connectivity index (χ3v) is 3.93. The molecule has 14 heteroatoms. The lowest BCUT2D eigenvalue weighted by atomic mass is 10.1. The number of amides is 1. The van der Waals surface area contributed by atoms with E-state index in [0.717, 1.165) is 6.07 Å². The highest BCUT2D eigenvalue weighted by Gasteiger charge is 2.22. The number of methoxy groups -OCH3 is 1. The van der Waals surface area contributed by atoms with Crippen molar-refractivity contribution < 1.29 is 38.2 Å². The molecule has 0 saturated heterocycles. The van der Waals surface area contributed by atoms with E-state index in [1.54, 1.807) is 0 Å². The van der Waals surface area contributed by atoms with Gasteiger partial charge in [-0.1, -0.05) is 5.11 Å². The first-order valence-corrected chi connectivity index (χ1v) is 9.91. The van der Waals surface area contributed by atoms with Crippen LogP contribution in [0.1, 0.15) is 17.3 Å². The number of rotatable bonds is 18. The summed E-state index contributed by atoms with van der Waals surface area (Å²) in [5.41, 5.74) is 7.55. The molecule has 0 aliphatic carbocycles. The van der Waals surface area contributed by atoms with Gasteiger partial charge < -0.3 is 29.0 Å². The molecule has 0 heterocycles. The maximum atomic E-state index is 11.9. The van der Waals surface area contributed by atoms with Gasteiger partial charge >= 0.3 is 0 Å². The van der Waals surface area contributed by atoms with E-state index >= 15 is 0 Å². The van der Waals surface area contributed by atoms with Crippen LogP contribution >= 0.6 is 0 Å². The van der Waals surface area contributed by atoms with Crippen LogP contribution in [0.5, 0.6) is 11.5 Å². The highest BCUT2D eigenvalue weighted by molar-refractivity contribution is 5.99. The van der Waals surface area contributed by atoms with Crippen molar-refractivity contribution >= 4 is 17.4 Å². The smallest absolute Gasteiger partial charge is 0.284 e. The SMILES string of the molecule is COc1cc(C(C)=O)c([N+](=O)[O-])cc1OCC(=O)NCCOCCOCCOCCN=[N+]=[N-]. The lowest BCUT2D eigenvalue weighted by molar-refractivity contribution is -0.385. The van der Waals surface area contributed by atoms with Crippen LogP contribution < -0.4 is 14.8 Å². The van der Waals surface area contributed by atoms with Crippen LogP contribution in [0.4, 0.5) is 5.69 Å². The minimum Gasteiger partial charge on any atom is -0.493 e. The molecule has 1 amide bonds. The van der Waals surface area contributed by atoms with Crippen molar-refractivity contribution in [3.63, 3.8) is 0 Å². The van der Waals surface area contributed by atoms with E-state index in [1.165, 1.54) is 20.1 Å². The van der Waals surface area contributed by atoms with E-state index in [2.05, 4.69) is 15.3 Å². The summed E-state index contributed by atoms with van der Waals surface area (Å²) >= 11 is 0. The predicted molar refractivity (Wildman–Crippen MR) is 115 cm³/mol. The van der Waals surface area contributed by atoms with E-state index in [9.17, 15) is 19.7 Å². The summed E-state index contributed by atoms with van der Waals surface area (Å²) in [6, 6.07) is 2.26. The maximum Gasteiger partial charge on any atom is 0.284 e. The molecule has 0 bridgehead atoms. The Balaban J connectivity index is 2.25. The van der Waals surface area contributed by atoms with Crippen LogP contribution in [0.25, 0.3) is 10.4 Å². The van der Waals surface area contributed by atoms with Gasteiger partial charge in [-0.15, -0.1) is 0 Å². The molecule has 0 aliphatic rings. The van der Waals surface area contributed by atoms with Crippen LogP contribution in [-0.4, -0.2) is 83.1 Å². The van der Waals surface area contributed by atoms with Crippen molar-refractivity contribution in [2.24, 2.45) is 5.11 Å². The van der Waals surface area contributed by atoms with Crippen molar-refractivity contribution in [3.05, 3.63) is 38.3 Å². The number of ether oxygens (including phenoxy) is 5. The van der Waals surface area contributed by atoms with Gasteiger partial charge in [-0.05, 0) is 12.5 Å². The Bertz CT molecular complexity index is 843. The number of nitrogens with one attached hydrogen (secondary N) is 1. The van der Waals surface area contributed by atoms with Crippen molar-refractivity contribution in [2.45, 2.75) is 6.92 Å². The van der Waals surface area contributed by atoms with Crippen molar-refractivity contribution in [3.8, 4) is 11.5 Å². The number of carbonyl (C=O) groups excluding carboxylic acids is 2. The van der Waals surface area contributed by atoms with Gasteiger partial charge in [-0.3, -0.25) is 19.7 Å². The lowest BCUT2D eigenvalue weighted by Gasteiger charge is -2.12. The molecule has 1 rings (SSSR count). The summed E-state index contributed by atoms with van der Waals surface area (Å²) in [5, 5.41) is 17.1. The second-order valence-corrected chi connectivity index (χ2v) is 6.26.